The van der Waals surface area contributed by atoms with Gasteiger partial charge >= 0.3 is 0 Å². The van der Waals surface area contributed by atoms with Crippen molar-refractivity contribution in [2.75, 3.05) is 26.0 Å². The normalized spacial score (nSPS) is 11.5. The van der Waals surface area contributed by atoms with E-state index >= 15 is 0 Å². The molecule has 2 aromatic carbocycles. The summed E-state index contributed by atoms with van der Waals surface area (Å²) in [6, 6.07) is 10.2. The molecule has 0 saturated carbocycles. The van der Waals surface area contributed by atoms with Crippen LogP contribution in [0.2, 0.25) is 0 Å². The van der Waals surface area contributed by atoms with Crippen LogP contribution in [0.25, 0.3) is 0 Å². The van der Waals surface area contributed by atoms with Crippen molar-refractivity contribution in [1.82, 2.24) is 4.31 Å². The lowest BCUT2D eigenvalue weighted by Gasteiger charge is -2.16. The molecule has 0 spiro atoms. The average molecular weight is 391 g/mol. The molecule has 146 valence electrons. The summed E-state index contributed by atoms with van der Waals surface area (Å²) in [6.07, 6.45) is 0.891. The summed E-state index contributed by atoms with van der Waals surface area (Å²) in [5.74, 6) is 0.298. The zero-order valence-electron chi connectivity index (χ0n) is 16.4. The van der Waals surface area contributed by atoms with Gasteiger partial charge in [-0.1, -0.05) is 13.0 Å². The Balaban J connectivity index is 2.33. The second kappa shape index (κ2) is 8.54. The third-order valence-corrected chi connectivity index (χ3v) is 6.15. The number of carbonyl (C=O) groups is 1. The summed E-state index contributed by atoms with van der Waals surface area (Å²) in [7, 11) is -0.701. The second-order valence-corrected chi connectivity index (χ2v) is 8.65. The molecule has 6 nitrogen and oxygen atoms in total. The van der Waals surface area contributed by atoms with Crippen molar-refractivity contribution >= 4 is 21.6 Å². The number of hydrogen-bond donors (Lipinski definition) is 1. The monoisotopic (exact) mass is 390 g/mol. The summed E-state index contributed by atoms with van der Waals surface area (Å²) in [6.45, 7) is 6.15. The number of nitrogens with zero attached hydrogens (tertiary/aromatic N) is 1. The lowest BCUT2D eigenvalue weighted by atomic mass is 10.1. The summed E-state index contributed by atoms with van der Waals surface area (Å²) in [5.41, 5.74) is 2.25. The van der Waals surface area contributed by atoms with Gasteiger partial charge in [0.05, 0.1) is 11.5 Å². The Labute approximate surface area is 161 Å². The van der Waals surface area contributed by atoms with E-state index in [2.05, 4.69) is 5.32 Å². The van der Waals surface area contributed by atoms with Gasteiger partial charge in [0.2, 0.25) is 10.0 Å². The van der Waals surface area contributed by atoms with Gasteiger partial charge in [0.15, 0.2) is 0 Å². The molecule has 0 unspecified atom stereocenters. The van der Waals surface area contributed by atoms with Crippen LogP contribution in [-0.4, -0.2) is 39.3 Å². The Bertz CT molecular complexity index is 937. The molecule has 0 aliphatic rings. The first-order valence-electron chi connectivity index (χ1n) is 8.74. The smallest absolute Gasteiger partial charge is 0.255 e. The quantitative estimate of drug-likeness (QED) is 0.784. The molecule has 2 rings (SSSR count). The number of amides is 1. The minimum absolute atomic E-state index is 0.137. The maximum atomic E-state index is 12.7. The second-order valence-electron chi connectivity index (χ2n) is 6.53. The fourth-order valence-corrected chi connectivity index (χ4v) is 3.73. The van der Waals surface area contributed by atoms with Gasteiger partial charge in [-0.05, 0) is 55.7 Å². The summed E-state index contributed by atoms with van der Waals surface area (Å²) in [4.78, 5) is 12.8. The molecule has 0 aromatic heterocycles. The highest BCUT2D eigenvalue weighted by molar-refractivity contribution is 7.89. The van der Waals surface area contributed by atoms with E-state index in [0.29, 0.717) is 29.2 Å². The van der Waals surface area contributed by atoms with Crippen molar-refractivity contribution in [2.45, 2.75) is 32.1 Å². The number of rotatable bonds is 7. The molecule has 7 heteroatoms. The molecule has 1 amide bonds. The molecule has 1 N–H and O–H groups in total. The van der Waals surface area contributed by atoms with E-state index in [1.165, 1.54) is 20.2 Å². The molecule has 0 radical (unpaired) electrons. The van der Waals surface area contributed by atoms with Crippen molar-refractivity contribution in [3.8, 4) is 5.75 Å². The molecule has 2 aromatic rings. The van der Waals surface area contributed by atoms with Crippen LogP contribution in [0.1, 0.15) is 34.8 Å². The van der Waals surface area contributed by atoms with Crippen molar-refractivity contribution in [1.29, 1.82) is 0 Å². The fraction of sp³-hybridized carbons (Fsp3) is 0.350. The Morgan fingerprint density at radius 1 is 1.15 bits per heavy atom. The number of nitrogens with one attached hydrogen (secondary N) is 1. The number of ether oxygens (including phenoxy) is 1. The first-order valence-corrected chi connectivity index (χ1v) is 10.2. The molecule has 0 aliphatic carbocycles. The van der Waals surface area contributed by atoms with Gasteiger partial charge < -0.3 is 10.1 Å². The molecule has 0 fully saturated rings. The Hall–Kier alpha value is -2.38. The van der Waals surface area contributed by atoms with Crippen molar-refractivity contribution in [3.63, 3.8) is 0 Å². The third-order valence-electron chi connectivity index (χ3n) is 4.21. The summed E-state index contributed by atoms with van der Waals surface area (Å²) < 4.78 is 31.8. The van der Waals surface area contributed by atoms with Crippen LogP contribution >= 0.6 is 0 Å². The number of sulfonamides is 1. The van der Waals surface area contributed by atoms with Crippen molar-refractivity contribution < 1.29 is 17.9 Å². The van der Waals surface area contributed by atoms with Crippen LogP contribution in [0.15, 0.2) is 41.3 Å². The van der Waals surface area contributed by atoms with Crippen LogP contribution in [0.4, 0.5) is 5.69 Å². The van der Waals surface area contributed by atoms with Gasteiger partial charge in [0.25, 0.3) is 5.91 Å². The van der Waals surface area contributed by atoms with E-state index in [1.54, 1.807) is 38.1 Å². The van der Waals surface area contributed by atoms with Crippen molar-refractivity contribution in [2.24, 2.45) is 0 Å². The van der Waals surface area contributed by atoms with E-state index < -0.39 is 10.0 Å². The first kappa shape index (κ1) is 20.9. The maximum Gasteiger partial charge on any atom is 0.255 e. The number of aryl methyl sites for hydroxylation is 1. The summed E-state index contributed by atoms with van der Waals surface area (Å²) >= 11 is 0. The highest BCUT2D eigenvalue weighted by Crippen LogP contribution is 2.24. The lowest BCUT2D eigenvalue weighted by molar-refractivity contribution is 0.102. The Kier molecular flexibility index (Phi) is 6.62. The first-order chi connectivity index (χ1) is 12.7. The van der Waals surface area contributed by atoms with E-state index in [0.717, 1.165) is 16.3 Å². The SMILES string of the molecule is CCCOc1cccc(NC(=O)c2cc(C)c(C)c(S(=O)(=O)N(C)C)c2)c1. The molecule has 0 atom stereocenters. The van der Waals surface area contributed by atoms with E-state index in [4.69, 9.17) is 4.74 Å². The largest absolute Gasteiger partial charge is 0.494 e. The minimum atomic E-state index is -3.64. The molecule has 27 heavy (non-hydrogen) atoms. The van der Waals surface area contributed by atoms with E-state index in [-0.39, 0.29) is 10.8 Å². The predicted molar refractivity (Wildman–Crippen MR) is 107 cm³/mol. The van der Waals surface area contributed by atoms with Gasteiger partial charge in [-0.15, -0.1) is 0 Å². The van der Waals surface area contributed by atoms with E-state index in [9.17, 15) is 13.2 Å². The third kappa shape index (κ3) is 4.87. The molecule has 0 saturated heterocycles. The molecular formula is C20H26N2O4S. The summed E-state index contributed by atoms with van der Waals surface area (Å²) in [5, 5.41) is 2.80. The topological polar surface area (TPSA) is 75.7 Å². The number of anilines is 1. The van der Waals surface area contributed by atoms with Gasteiger partial charge in [-0.2, -0.15) is 0 Å². The Morgan fingerprint density at radius 3 is 2.48 bits per heavy atom. The van der Waals surface area contributed by atoms with Gasteiger partial charge in [0, 0.05) is 31.4 Å². The van der Waals surface area contributed by atoms with Crippen LogP contribution < -0.4 is 10.1 Å². The Morgan fingerprint density at radius 2 is 1.85 bits per heavy atom. The predicted octanol–water partition coefficient (Wildman–Crippen LogP) is 3.59. The molecule has 0 heterocycles. The van der Waals surface area contributed by atoms with Gasteiger partial charge in [-0.25, -0.2) is 12.7 Å². The number of carbonyl (C=O) groups excluding carboxylic acids is 1. The van der Waals surface area contributed by atoms with Crippen molar-refractivity contribution in [3.05, 3.63) is 53.1 Å². The van der Waals surface area contributed by atoms with Crippen LogP contribution in [0, 0.1) is 13.8 Å². The van der Waals surface area contributed by atoms with Crippen LogP contribution in [-0.2, 0) is 10.0 Å². The average Bonchev–Trinajstić information content (AvgIpc) is 2.62. The number of hydrogen-bond acceptors (Lipinski definition) is 4. The standard InChI is InChI=1S/C20H26N2O4S/c1-6-10-26-18-9-7-8-17(13-18)21-20(23)16-11-14(2)15(3)19(12-16)27(24,25)22(4)5/h7-9,11-13H,6,10H2,1-5H3,(H,21,23). The van der Waals surface area contributed by atoms with Gasteiger partial charge in [-0.3, -0.25) is 4.79 Å². The lowest BCUT2D eigenvalue weighted by Crippen LogP contribution is -2.24. The zero-order chi connectivity index (χ0) is 20.2. The molecule has 0 bridgehead atoms. The zero-order valence-corrected chi connectivity index (χ0v) is 17.2. The fourth-order valence-electron chi connectivity index (χ4n) is 2.51. The van der Waals surface area contributed by atoms with Crippen LogP contribution in [0.3, 0.4) is 0 Å². The number of benzene rings is 2. The van der Waals surface area contributed by atoms with Gasteiger partial charge in [0.1, 0.15) is 5.75 Å². The van der Waals surface area contributed by atoms with E-state index in [1.807, 2.05) is 13.0 Å². The highest BCUT2D eigenvalue weighted by Gasteiger charge is 2.23. The molecule has 0 aliphatic heterocycles. The maximum absolute atomic E-state index is 12.7. The molecular weight excluding hydrogens is 364 g/mol. The minimum Gasteiger partial charge on any atom is -0.494 e. The highest BCUT2D eigenvalue weighted by atomic mass is 32.2. The van der Waals surface area contributed by atoms with Crippen LogP contribution in [0.5, 0.6) is 5.75 Å².